The van der Waals surface area contributed by atoms with E-state index in [2.05, 4.69) is 4.98 Å². The molecule has 0 saturated carbocycles. The van der Waals surface area contributed by atoms with E-state index in [0.29, 0.717) is 46.3 Å². The first kappa shape index (κ1) is 24.2. The van der Waals surface area contributed by atoms with Crippen molar-refractivity contribution in [3.05, 3.63) is 120 Å². The molecule has 0 aliphatic heterocycles. The van der Waals surface area contributed by atoms with Crippen LogP contribution in [0.25, 0.3) is 45.1 Å². The molecular formula is C33H25NO5. The second kappa shape index (κ2) is 10.7. The molecular weight excluding hydrogens is 490 g/mol. The van der Waals surface area contributed by atoms with Crippen molar-refractivity contribution in [3.8, 4) is 39.9 Å². The zero-order valence-electron chi connectivity index (χ0n) is 21.3. The number of carbonyl (C=O) groups is 1. The minimum Gasteiger partial charge on any atom is -0.489 e. The summed E-state index contributed by atoms with van der Waals surface area (Å²) in [6, 6.07) is 32.8. The fourth-order valence-electron chi connectivity index (χ4n) is 4.42. The molecule has 0 atom stereocenters. The number of nitrogens with zero attached hydrogens (tertiary/aromatic N) is 1. The molecule has 0 aliphatic rings. The first-order valence-electron chi connectivity index (χ1n) is 12.7. The number of carbonyl (C=O) groups excluding carboxylic acids is 1. The van der Waals surface area contributed by atoms with Gasteiger partial charge in [-0.1, -0.05) is 72.8 Å². The molecule has 0 bridgehead atoms. The molecule has 0 unspecified atom stereocenters. The van der Waals surface area contributed by atoms with E-state index in [1.807, 2.05) is 103 Å². The summed E-state index contributed by atoms with van der Waals surface area (Å²) in [4.78, 5) is 17.3. The van der Waals surface area contributed by atoms with Gasteiger partial charge in [0.15, 0.2) is 5.76 Å². The van der Waals surface area contributed by atoms with Gasteiger partial charge in [0, 0.05) is 22.1 Å². The molecule has 2 heterocycles. The average molecular weight is 516 g/mol. The highest BCUT2D eigenvalue weighted by molar-refractivity contribution is 6.09. The van der Waals surface area contributed by atoms with Crippen LogP contribution in [0.4, 0.5) is 0 Å². The van der Waals surface area contributed by atoms with Crippen molar-refractivity contribution < 1.29 is 23.1 Å². The van der Waals surface area contributed by atoms with E-state index in [4.69, 9.17) is 18.3 Å². The third-order valence-electron chi connectivity index (χ3n) is 6.35. The van der Waals surface area contributed by atoms with Gasteiger partial charge in [0.1, 0.15) is 29.3 Å². The molecule has 192 valence electrons. The Morgan fingerprint density at radius 2 is 1.51 bits per heavy atom. The first-order valence-corrected chi connectivity index (χ1v) is 12.7. The zero-order chi connectivity index (χ0) is 26.6. The lowest BCUT2D eigenvalue weighted by Gasteiger charge is -2.07. The van der Waals surface area contributed by atoms with Crippen LogP contribution in [0.5, 0.6) is 5.75 Å². The van der Waals surface area contributed by atoms with Crippen LogP contribution in [0.2, 0.25) is 0 Å². The van der Waals surface area contributed by atoms with Gasteiger partial charge >= 0.3 is 5.97 Å². The van der Waals surface area contributed by atoms with E-state index < -0.39 is 5.97 Å². The molecule has 2 aromatic heterocycles. The Balaban J connectivity index is 1.21. The third-order valence-corrected chi connectivity index (χ3v) is 6.35. The molecule has 0 N–H and O–H groups in total. The quantitative estimate of drug-likeness (QED) is 0.190. The largest absolute Gasteiger partial charge is 0.489 e. The van der Waals surface area contributed by atoms with Crippen LogP contribution in [0, 0.1) is 0 Å². The van der Waals surface area contributed by atoms with Crippen LogP contribution in [0.3, 0.4) is 0 Å². The normalized spacial score (nSPS) is 11.0. The van der Waals surface area contributed by atoms with Gasteiger partial charge in [0.2, 0.25) is 5.89 Å². The average Bonchev–Trinajstić information content (AvgIpc) is 3.63. The fraction of sp³-hybridized carbons (Fsp3) is 0.0909. The summed E-state index contributed by atoms with van der Waals surface area (Å²) in [5, 5.41) is 0.652. The number of hydrogen-bond donors (Lipinski definition) is 0. The summed E-state index contributed by atoms with van der Waals surface area (Å²) in [5.41, 5.74) is 4.66. The number of benzene rings is 4. The number of oxazole rings is 1. The summed E-state index contributed by atoms with van der Waals surface area (Å²) in [6.45, 7) is 2.41. The molecule has 0 fully saturated rings. The summed E-state index contributed by atoms with van der Waals surface area (Å²) < 4.78 is 23.5. The Morgan fingerprint density at radius 3 is 2.23 bits per heavy atom. The molecule has 0 amide bonds. The zero-order valence-corrected chi connectivity index (χ0v) is 21.3. The van der Waals surface area contributed by atoms with E-state index in [1.54, 1.807) is 13.1 Å². The molecule has 6 heteroatoms. The van der Waals surface area contributed by atoms with E-state index in [0.717, 1.165) is 22.3 Å². The number of ether oxygens (including phenoxy) is 2. The maximum Gasteiger partial charge on any atom is 0.342 e. The van der Waals surface area contributed by atoms with Gasteiger partial charge in [-0.05, 0) is 42.8 Å². The van der Waals surface area contributed by atoms with Gasteiger partial charge in [-0.3, -0.25) is 0 Å². The Labute approximate surface area is 225 Å². The smallest absolute Gasteiger partial charge is 0.342 e. The molecule has 6 nitrogen and oxygen atoms in total. The Hall–Kier alpha value is -5.10. The van der Waals surface area contributed by atoms with E-state index in [1.165, 1.54) is 0 Å². The third kappa shape index (κ3) is 5.05. The van der Waals surface area contributed by atoms with Crippen molar-refractivity contribution >= 4 is 16.9 Å². The highest BCUT2D eigenvalue weighted by Gasteiger charge is 2.23. The topological polar surface area (TPSA) is 74.7 Å². The first-order chi connectivity index (χ1) is 19.2. The van der Waals surface area contributed by atoms with Crippen LogP contribution in [0.15, 0.2) is 118 Å². The molecule has 0 radical (unpaired) electrons. The number of furan rings is 1. The van der Waals surface area contributed by atoms with E-state index >= 15 is 0 Å². The van der Waals surface area contributed by atoms with Crippen molar-refractivity contribution in [1.82, 2.24) is 4.98 Å². The molecule has 6 aromatic rings. The Morgan fingerprint density at radius 1 is 0.795 bits per heavy atom. The second-order valence-electron chi connectivity index (χ2n) is 8.93. The number of rotatable bonds is 8. The fourth-order valence-corrected chi connectivity index (χ4v) is 4.42. The minimum atomic E-state index is -0.425. The highest BCUT2D eigenvalue weighted by atomic mass is 16.5. The maximum absolute atomic E-state index is 12.9. The van der Waals surface area contributed by atoms with Crippen LogP contribution in [-0.2, 0) is 11.3 Å². The Kier molecular flexibility index (Phi) is 6.66. The molecule has 0 saturated heterocycles. The SMILES string of the molecule is CCOC(=O)c1c(-c2ccccc2)oc2ccc(OCc3ccc(-c4cnc(-c5ccccc5)o4)cc3)cc12. The van der Waals surface area contributed by atoms with Crippen molar-refractivity contribution in [2.75, 3.05) is 6.61 Å². The number of aromatic nitrogens is 1. The lowest BCUT2D eigenvalue weighted by Crippen LogP contribution is -2.05. The van der Waals surface area contributed by atoms with Crippen molar-refractivity contribution in [2.45, 2.75) is 13.5 Å². The van der Waals surface area contributed by atoms with Gasteiger partial charge < -0.3 is 18.3 Å². The van der Waals surface area contributed by atoms with Crippen LogP contribution >= 0.6 is 0 Å². The number of fused-ring (bicyclic) bond motifs is 1. The number of hydrogen-bond acceptors (Lipinski definition) is 6. The monoisotopic (exact) mass is 515 g/mol. The molecule has 0 aliphatic carbocycles. The second-order valence-corrected chi connectivity index (χ2v) is 8.93. The minimum absolute atomic E-state index is 0.271. The maximum atomic E-state index is 12.9. The van der Waals surface area contributed by atoms with Crippen LogP contribution in [-0.4, -0.2) is 17.6 Å². The predicted octanol–water partition coefficient (Wildman–Crippen LogP) is 8.18. The lowest BCUT2D eigenvalue weighted by atomic mass is 10.1. The lowest BCUT2D eigenvalue weighted by molar-refractivity contribution is 0.0528. The number of esters is 1. The summed E-state index contributed by atoms with van der Waals surface area (Å²) in [7, 11) is 0. The summed E-state index contributed by atoms with van der Waals surface area (Å²) >= 11 is 0. The van der Waals surface area contributed by atoms with Gasteiger partial charge in [-0.25, -0.2) is 9.78 Å². The predicted molar refractivity (Wildman–Crippen MR) is 149 cm³/mol. The van der Waals surface area contributed by atoms with E-state index in [-0.39, 0.29) is 6.61 Å². The summed E-state index contributed by atoms with van der Waals surface area (Å²) in [5.74, 6) is 1.98. The van der Waals surface area contributed by atoms with Gasteiger partial charge in [-0.2, -0.15) is 0 Å². The molecule has 0 spiro atoms. The molecule has 39 heavy (non-hydrogen) atoms. The standard InChI is InChI=1S/C33H25NO5/c1-2-36-33(35)30-27-19-26(17-18-28(27)38-31(30)24-9-5-3-6-10-24)37-21-22-13-15-23(16-14-22)29-20-34-32(39-29)25-11-7-4-8-12-25/h3-20H,2,21H2,1H3. The van der Waals surface area contributed by atoms with Gasteiger partial charge in [0.25, 0.3) is 0 Å². The Bertz CT molecular complexity index is 1720. The molecule has 6 rings (SSSR count). The molecule has 4 aromatic carbocycles. The van der Waals surface area contributed by atoms with Crippen molar-refractivity contribution in [2.24, 2.45) is 0 Å². The van der Waals surface area contributed by atoms with Crippen LogP contribution in [0.1, 0.15) is 22.8 Å². The van der Waals surface area contributed by atoms with E-state index in [9.17, 15) is 4.79 Å². The summed E-state index contributed by atoms with van der Waals surface area (Å²) in [6.07, 6.45) is 1.73. The van der Waals surface area contributed by atoms with Crippen LogP contribution < -0.4 is 4.74 Å². The van der Waals surface area contributed by atoms with Gasteiger partial charge in [-0.15, -0.1) is 0 Å². The highest BCUT2D eigenvalue weighted by Crippen LogP contribution is 2.36. The van der Waals surface area contributed by atoms with Gasteiger partial charge in [0.05, 0.1) is 12.8 Å². The van der Waals surface area contributed by atoms with Crippen molar-refractivity contribution in [3.63, 3.8) is 0 Å². The van der Waals surface area contributed by atoms with Crippen molar-refractivity contribution in [1.29, 1.82) is 0 Å².